The Bertz CT molecular complexity index is 284. The first-order valence-electron chi connectivity index (χ1n) is 4.34. The summed E-state index contributed by atoms with van der Waals surface area (Å²) in [6.45, 7) is 2.12. The largest absolute Gasteiger partial charge is 0.392 e. The van der Waals surface area contributed by atoms with Gasteiger partial charge in [0, 0.05) is 13.6 Å². The molecule has 1 heterocycles. The van der Waals surface area contributed by atoms with E-state index in [0.29, 0.717) is 6.54 Å². The number of likely N-dealkylation sites (N-methyl/N-ethyl adjacent to an activating group) is 1. The molecule has 1 aromatic rings. The van der Waals surface area contributed by atoms with E-state index in [-0.39, 0.29) is 12.5 Å². The van der Waals surface area contributed by atoms with Crippen LogP contribution >= 0.6 is 0 Å². The lowest BCUT2D eigenvalue weighted by Crippen LogP contribution is -2.35. The lowest BCUT2D eigenvalue weighted by molar-refractivity contribution is -0.131. The Morgan fingerprint density at radius 3 is 2.93 bits per heavy atom. The molecule has 1 atom stereocenters. The molecule has 1 aromatic heterocycles. The van der Waals surface area contributed by atoms with E-state index in [0.717, 1.165) is 0 Å². The molecule has 0 spiro atoms. The lowest BCUT2D eigenvalue weighted by Gasteiger charge is -2.18. The summed E-state index contributed by atoms with van der Waals surface area (Å²) in [5.74, 6) is -0.101. The predicted octanol–water partition coefficient (Wildman–Crippen LogP) is -0.883. The molecular formula is C8H14N4O2. The van der Waals surface area contributed by atoms with E-state index in [1.807, 2.05) is 0 Å². The molecular weight excluding hydrogens is 184 g/mol. The summed E-state index contributed by atoms with van der Waals surface area (Å²) in [6, 6.07) is 0. The molecule has 0 aliphatic rings. The van der Waals surface area contributed by atoms with Gasteiger partial charge in [-0.2, -0.15) is 5.10 Å². The van der Waals surface area contributed by atoms with Gasteiger partial charge >= 0.3 is 0 Å². The van der Waals surface area contributed by atoms with Crippen LogP contribution in [0.1, 0.15) is 6.92 Å². The summed E-state index contributed by atoms with van der Waals surface area (Å²) in [5.41, 5.74) is 0. The maximum atomic E-state index is 11.5. The van der Waals surface area contributed by atoms with E-state index in [4.69, 9.17) is 5.11 Å². The first-order chi connectivity index (χ1) is 6.59. The maximum Gasteiger partial charge on any atom is 0.244 e. The van der Waals surface area contributed by atoms with Gasteiger partial charge in [-0.25, -0.2) is 9.67 Å². The van der Waals surface area contributed by atoms with E-state index in [1.165, 1.54) is 22.2 Å². The standard InChI is InChI=1S/C8H14N4O2/c1-7(13)3-11(2)8(14)4-12-6-9-5-10-12/h5-7,13H,3-4H2,1-2H3. The molecule has 0 aromatic carbocycles. The van der Waals surface area contributed by atoms with Crippen molar-refractivity contribution in [3.8, 4) is 0 Å². The number of aromatic nitrogens is 3. The average molecular weight is 198 g/mol. The molecule has 0 saturated heterocycles. The number of rotatable bonds is 4. The molecule has 78 valence electrons. The van der Waals surface area contributed by atoms with Crippen LogP contribution in [0.3, 0.4) is 0 Å². The first-order valence-corrected chi connectivity index (χ1v) is 4.34. The highest BCUT2D eigenvalue weighted by molar-refractivity contribution is 5.75. The summed E-state index contributed by atoms with van der Waals surface area (Å²) in [4.78, 5) is 16.7. The smallest absolute Gasteiger partial charge is 0.244 e. The van der Waals surface area contributed by atoms with E-state index >= 15 is 0 Å². The molecule has 6 heteroatoms. The van der Waals surface area contributed by atoms with Crippen LogP contribution < -0.4 is 0 Å². The summed E-state index contributed by atoms with van der Waals surface area (Å²) in [6.07, 6.45) is 2.34. The average Bonchev–Trinajstić information content (AvgIpc) is 2.55. The van der Waals surface area contributed by atoms with E-state index in [2.05, 4.69) is 10.1 Å². The van der Waals surface area contributed by atoms with Crippen LogP contribution in [0.4, 0.5) is 0 Å². The Hall–Kier alpha value is -1.43. The van der Waals surface area contributed by atoms with Crippen molar-refractivity contribution < 1.29 is 9.90 Å². The molecule has 0 aliphatic heterocycles. The SMILES string of the molecule is CC(O)CN(C)C(=O)Cn1cncn1. The monoisotopic (exact) mass is 198 g/mol. The molecule has 1 N–H and O–H groups in total. The second kappa shape index (κ2) is 4.71. The van der Waals surface area contributed by atoms with Crippen LogP contribution in [-0.2, 0) is 11.3 Å². The first kappa shape index (κ1) is 10.6. The van der Waals surface area contributed by atoms with Crippen molar-refractivity contribution in [1.29, 1.82) is 0 Å². The minimum absolute atomic E-state index is 0.101. The molecule has 1 unspecified atom stereocenters. The zero-order valence-electron chi connectivity index (χ0n) is 8.29. The van der Waals surface area contributed by atoms with Crippen molar-refractivity contribution in [2.45, 2.75) is 19.6 Å². The van der Waals surface area contributed by atoms with Gasteiger partial charge in [-0.05, 0) is 6.92 Å². The third-order valence-electron chi connectivity index (χ3n) is 1.73. The molecule has 6 nitrogen and oxygen atoms in total. The minimum Gasteiger partial charge on any atom is -0.392 e. The van der Waals surface area contributed by atoms with Gasteiger partial charge in [0.2, 0.25) is 5.91 Å². The highest BCUT2D eigenvalue weighted by Gasteiger charge is 2.11. The van der Waals surface area contributed by atoms with Crippen molar-refractivity contribution in [3.05, 3.63) is 12.7 Å². The van der Waals surface area contributed by atoms with Crippen LogP contribution in [0, 0.1) is 0 Å². The third kappa shape index (κ3) is 3.14. The van der Waals surface area contributed by atoms with Crippen molar-refractivity contribution >= 4 is 5.91 Å². The number of hydrogen-bond donors (Lipinski definition) is 1. The molecule has 0 fully saturated rings. The van der Waals surface area contributed by atoms with Crippen LogP contribution in [0.2, 0.25) is 0 Å². The zero-order valence-corrected chi connectivity index (χ0v) is 8.29. The molecule has 14 heavy (non-hydrogen) atoms. The highest BCUT2D eigenvalue weighted by Crippen LogP contribution is 1.92. The van der Waals surface area contributed by atoms with Gasteiger partial charge in [-0.3, -0.25) is 4.79 Å². The lowest BCUT2D eigenvalue weighted by atomic mass is 10.3. The normalized spacial score (nSPS) is 12.5. The number of aliphatic hydroxyl groups excluding tert-OH is 1. The Labute approximate surface area is 82.2 Å². The van der Waals surface area contributed by atoms with Crippen molar-refractivity contribution in [2.75, 3.05) is 13.6 Å². The second-order valence-electron chi connectivity index (χ2n) is 3.22. The zero-order chi connectivity index (χ0) is 10.6. The van der Waals surface area contributed by atoms with Crippen molar-refractivity contribution in [2.24, 2.45) is 0 Å². The molecule has 0 radical (unpaired) electrons. The highest BCUT2D eigenvalue weighted by atomic mass is 16.3. The fourth-order valence-corrected chi connectivity index (χ4v) is 1.07. The van der Waals surface area contributed by atoms with E-state index in [1.54, 1.807) is 14.0 Å². The van der Waals surface area contributed by atoms with Gasteiger partial charge in [0.15, 0.2) is 0 Å². The van der Waals surface area contributed by atoms with Gasteiger partial charge in [0.25, 0.3) is 0 Å². The third-order valence-corrected chi connectivity index (χ3v) is 1.73. The molecule has 0 aliphatic carbocycles. The Balaban J connectivity index is 2.42. The summed E-state index contributed by atoms with van der Waals surface area (Å²) in [7, 11) is 1.64. The van der Waals surface area contributed by atoms with Crippen LogP contribution in [0.5, 0.6) is 0 Å². The molecule has 1 rings (SSSR count). The predicted molar refractivity (Wildman–Crippen MR) is 49.3 cm³/mol. The minimum atomic E-state index is -0.514. The number of nitrogens with zero attached hydrogens (tertiary/aromatic N) is 4. The summed E-state index contributed by atoms with van der Waals surface area (Å²) >= 11 is 0. The summed E-state index contributed by atoms with van der Waals surface area (Å²) < 4.78 is 1.45. The maximum absolute atomic E-state index is 11.5. The topological polar surface area (TPSA) is 71.2 Å². The molecule has 0 bridgehead atoms. The number of amides is 1. The number of carbonyl (C=O) groups excluding carboxylic acids is 1. The van der Waals surface area contributed by atoms with Crippen LogP contribution in [0.25, 0.3) is 0 Å². The summed E-state index contributed by atoms with van der Waals surface area (Å²) in [5, 5.41) is 12.9. The number of aliphatic hydroxyl groups is 1. The van der Waals surface area contributed by atoms with Gasteiger partial charge in [0.1, 0.15) is 19.2 Å². The Kier molecular flexibility index (Phi) is 3.58. The van der Waals surface area contributed by atoms with Crippen LogP contribution in [-0.4, -0.2) is 50.4 Å². The van der Waals surface area contributed by atoms with Gasteiger partial charge in [-0.1, -0.05) is 0 Å². The van der Waals surface area contributed by atoms with Gasteiger partial charge in [-0.15, -0.1) is 0 Å². The van der Waals surface area contributed by atoms with Crippen molar-refractivity contribution in [1.82, 2.24) is 19.7 Å². The fourth-order valence-electron chi connectivity index (χ4n) is 1.07. The number of carbonyl (C=O) groups is 1. The molecule has 0 saturated carbocycles. The Morgan fingerprint density at radius 2 is 2.43 bits per heavy atom. The van der Waals surface area contributed by atoms with Gasteiger partial charge in [0.05, 0.1) is 6.10 Å². The fraction of sp³-hybridized carbons (Fsp3) is 0.625. The van der Waals surface area contributed by atoms with E-state index < -0.39 is 6.10 Å². The Morgan fingerprint density at radius 1 is 1.71 bits per heavy atom. The quantitative estimate of drug-likeness (QED) is 0.681. The van der Waals surface area contributed by atoms with Crippen molar-refractivity contribution in [3.63, 3.8) is 0 Å². The van der Waals surface area contributed by atoms with E-state index in [9.17, 15) is 4.79 Å². The van der Waals surface area contributed by atoms with Gasteiger partial charge < -0.3 is 10.0 Å². The number of hydrogen-bond acceptors (Lipinski definition) is 4. The van der Waals surface area contributed by atoms with Crippen LogP contribution in [0.15, 0.2) is 12.7 Å². The second-order valence-corrected chi connectivity index (χ2v) is 3.22. The molecule has 1 amide bonds.